The van der Waals surface area contributed by atoms with E-state index in [0.29, 0.717) is 0 Å². The van der Waals surface area contributed by atoms with E-state index in [1.54, 1.807) is 0 Å². The van der Waals surface area contributed by atoms with Crippen LogP contribution >= 0.6 is 11.3 Å². The number of benzene rings is 7. The molecule has 2 nitrogen and oxygen atoms in total. The van der Waals surface area contributed by atoms with Crippen molar-refractivity contribution in [1.82, 2.24) is 9.13 Å². The van der Waals surface area contributed by atoms with Crippen LogP contribution in [0.15, 0.2) is 170 Å². The molecule has 0 unspecified atom stereocenters. The molecule has 220 valence electrons. The first-order chi connectivity index (χ1) is 23.3. The summed E-state index contributed by atoms with van der Waals surface area (Å²) in [6, 6.07) is 61.7. The van der Waals surface area contributed by atoms with E-state index in [1.165, 1.54) is 86.6 Å². The first-order valence-corrected chi connectivity index (χ1v) is 16.9. The minimum absolute atomic E-state index is 1.17. The van der Waals surface area contributed by atoms with Gasteiger partial charge >= 0.3 is 0 Å². The van der Waals surface area contributed by atoms with Crippen molar-refractivity contribution >= 4 is 64.3 Å². The van der Waals surface area contributed by atoms with Gasteiger partial charge in [-0.1, -0.05) is 127 Å². The molecule has 0 aliphatic carbocycles. The van der Waals surface area contributed by atoms with Crippen LogP contribution in [0.5, 0.6) is 0 Å². The maximum atomic E-state index is 2.43. The molecule has 0 amide bonds. The summed E-state index contributed by atoms with van der Waals surface area (Å²) in [5.74, 6) is 0. The molecule has 10 aromatic rings. The van der Waals surface area contributed by atoms with Crippen LogP contribution < -0.4 is 0 Å². The SMILES string of the molecule is c1ccc(-n2c3ccccc3c3cccc(-c4ccccc4-c4ccc5c(c4)sc4c6ccccc6n(-c6ccccc6)c54)c32)cc1. The zero-order chi connectivity index (χ0) is 30.9. The third-order valence-corrected chi connectivity index (χ3v) is 10.7. The Labute approximate surface area is 276 Å². The first-order valence-electron chi connectivity index (χ1n) is 16.0. The summed E-state index contributed by atoms with van der Waals surface area (Å²) in [6.07, 6.45) is 0. The average Bonchev–Trinajstić information content (AvgIpc) is 3.79. The molecule has 10 rings (SSSR count). The lowest BCUT2D eigenvalue weighted by atomic mass is 9.93. The number of fused-ring (bicyclic) bond motifs is 8. The van der Waals surface area contributed by atoms with Gasteiger partial charge in [-0.2, -0.15) is 0 Å². The van der Waals surface area contributed by atoms with Crippen molar-refractivity contribution in [1.29, 1.82) is 0 Å². The highest BCUT2D eigenvalue weighted by Gasteiger charge is 2.20. The van der Waals surface area contributed by atoms with Gasteiger partial charge in [-0.05, 0) is 59.2 Å². The summed E-state index contributed by atoms with van der Waals surface area (Å²) in [4.78, 5) is 0. The third-order valence-electron chi connectivity index (χ3n) is 9.53. The van der Waals surface area contributed by atoms with E-state index in [1.807, 2.05) is 11.3 Å². The number of hydrogen-bond acceptors (Lipinski definition) is 1. The predicted octanol–water partition coefficient (Wildman–Crippen LogP) is 12.4. The molecule has 0 aliphatic rings. The van der Waals surface area contributed by atoms with E-state index >= 15 is 0 Å². The molecule has 3 aromatic heterocycles. The van der Waals surface area contributed by atoms with E-state index in [0.717, 1.165) is 0 Å². The minimum atomic E-state index is 1.17. The van der Waals surface area contributed by atoms with Gasteiger partial charge in [0, 0.05) is 43.2 Å². The molecule has 3 heterocycles. The Morgan fingerprint density at radius 2 is 0.915 bits per heavy atom. The largest absolute Gasteiger partial charge is 0.309 e. The van der Waals surface area contributed by atoms with Crippen LogP contribution in [-0.2, 0) is 0 Å². The molecule has 0 radical (unpaired) electrons. The zero-order valence-corrected chi connectivity index (χ0v) is 26.3. The van der Waals surface area contributed by atoms with E-state index < -0.39 is 0 Å². The molecule has 0 bridgehead atoms. The van der Waals surface area contributed by atoms with Gasteiger partial charge in [0.05, 0.1) is 26.8 Å². The lowest BCUT2D eigenvalue weighted by Gasteiger charge is -2.15. The quantitative estimate of drug-likeness (QED) is 0.186. The van der Waals surface area contributed by atoms with Crippen LogP contribution in [0.3, 0.4) is 0 Å². The Hall–Kier alpha value is -5.90. The molecule has 0 saturated carbocycles. The molecular weight excluding hydrogens is 589 g/mol. The topological polar surface area (TPSA) is 9.86 Å². The fraction of sp³-hybridized carbons (Fsp3) is 0. The maximum Gasteiger partial charge on any atom is 0.0727 e. The van der Waals surface area contributed by atoms with E-state index in [-0.39, 0.29) is 0 Å². The van der Waals surface area contributed by atoms with Crippen molar-refractivity contribution in [2.75, 3.05) is 0 Å². The number of para-hydroxylation sites is 5. The van der Waals surface area contributed by atoms with Crippen molar-refractivity contribution in [3.63, 3.8) is 0 Å². The molecule has 0 fully saturated rings. The van der Waals surface area contributed by atoms with E-state index in [9.17, 15) is 0 Å². The Kier molecular flexibility index (Phi) is 5.78. The summed E-state index contributed by atoms with van der Waals surface area (Å²) in [5.41, 5.74) is 12.3. The Morgan fingerprint density at radius 1 is 0.362 bits per heavy atom. The molecular formula is C44H28N2S. The maximum absolute atomic E-state index is 2.43. The Bertz CT molecular complexity index is 2780. The van der Waals surface area contributed by atoms with Gasteiger partial charge in [-0.15, -0.1) is 11.3 Å². The lowest BCUT2D eigenvalue weighted by Crippen LogP contribution is -1.96. The zero-order valence-electron chi connectivity index (χ0n) is 25.5. The fourth-order valence-electron chi connectivity index (χ4n) is 7.53. The van der Waals surface area contributed by atoms with Crippen molar-refractivity contribution < 1.29 is 0 Å². The highest BCUT2D eigenvalue weighted by molar-refractivity contribution is 7.26. The van der Waals surface area contributed by atoms with Crippen LogP contribution in [0.1, 0.15) is 0 Å². The third kappa shape index (κ3) is 3.90. The number of nitrogens with zero attached hydrogens (tertiary/aromatic N) is 2. The standard InChI is InChI=1S/C44H28N2S/c1-3-14-30(15-4-1)45-39-24-11-9-20-34(39)36-23-13-22-35(42(36)45)33-19-8-7-18-32(33)29-26-27-38-41(28-29)47-44-37-21-10-12-25-40(37)46(43(38)44)31-16-5-2-6-17-31/h1-28H. The highest BCUT2D eigenvalue weighted by atomic mass is 32.1. The van der Waals surface area contributed by atoms with Crippen molar-refractivity contribution in [3.8, 4) is 33.6 Å². The van der Waals surface area contributed by atoms with Crippen LogP contribution in [0.2, 0.25) is 0 Å². The van der Waals surface area contributed by atoms with Gasteiger partial charge < -0.3 is 9.13 Å². The summed E-state index contributed by atoms with van der Waals surface area (Å²) in [5, 5.41) is 5.12. The fourth-order valence-corrected chi connectivity index (χ4v) is 8.79. The monoisotopic (exact) mass is 616 g/mol. The second-order valence-corrected chi connectivity index (χ2v) is 13.2. The molecule has 7 aromatic carbocycles. The van der Waals surface area contributed by atoms with Gasteiger partial charge in [-0.25, -0.2) is 0 Å². The van der Waals surface area contributed by atoms with Gasteiger partial charge in [-0.3, -0.25) is 0 Å². The van der Waals surface area contributed by atoms with Crippen molar-refractivity contribution in [2.45, 2.75) is 0 Å². The first kappa shape index (κ1) is 26.3. The lowest BCUT2D eigenvalue weighted by molar-refractivity contribution is 1.18. The normalized spacial score (nSPS) is 11.8. The number of thiophene rings is 1. The minimum Gasteiger partial charge on any atom is -0.309 e. The van der Waals surface area contributed by atoms with E-state index in [2.05, 4.69) is 179 Å². The average molecular weight is 617 g/mol. The number of hydrogen-bond donors (Lipinski definition) is 0. The van der Waals surface area contributed by atoms with Crippen molar-refractivity contribution in [2.24, 2.45) is 0 Å². The molecule has 0 saturated heterocycles. The molecule has 0 N–H and O–H groups in total. The van der Waals surface area contributed by atoms with Crippen LogP contribution in [0, 0.1) is 0 Å². The Morgan fingerprint density at radius 3 is 1.66 bits per heavy atom. The molecule has 47 heavy (non-hydrogen) atoms. The smallest absolute Gasteiger partial charge is 0.0727 e. The predicted molar refractivity (Wildman–Crippen MR) is 201 cm³/mol. The molecule has 0 spiro atoms. The van der Waals surface area contributed by atoms with Gasteiger partial charge in [0.15, 0.2) is 0 Å². The molecule has 0 atom stereocenters. The Balaban J connectivity index is 1.22. The van der Waals surface area contributed by atoms with Gasteiger partial charge in [0.1, 0.15) is 0 Å². The van der Waals surface area contributed by atoms with Crippen molar-refractivity contribution in [3.05, 3.63) is 170 Å². The van der Waals surface area contributed by atoms with Crippen LogP contribution in [0.25, 0.3) is 86.6 Å². The summed E-state index contributed by atoms with van der Waals surface area (Å²) < 4.78 is 7.50. The van der Waals surface area contributed by atoms with Crippen LogP contribution in [0.4, 0.5) is 0 Å². The summed E-state index contributed by atoms with van der Waals surface area (Å²) in [6.45, 7) is 0. The molecule has 3 heteroatoms. The second-order valence-electron chi connectivity index (χ2n) is 12.1. The van der Waals surface area contributed by atoms with Gasteiger partial charge in [0.2, 0.25) is 0 Å². The number of rotatable bonds is 4. The number of aromatic nitrogens is 2. The molecule has 0 aliphatic heterocycles. The summed E-state index contributed by atoms with van der Waals surface area (Å²) in [7, 11) is 0. The van der Waals surface area contributed by atoms with Gasteiger partial charge in [0.25, 0.3) is 0 Å². The highest BCUT2D eigenvalue weighted by Crippen LogP contribution is 2.45. The summed E-state index contributed by atoms with van der Waals surface area (Å²) >= 11 is 1.90. The van der Waals surface area contributed by atoms with E-state index in [4.69, 9.17) is 0 Å². The van der Waals surface area contributed by atoms with Crippen LogP contribution in [-0.4, -0.2) is 9.13 Å². The second kappa shape index (κ2) is 10.3.